The molecule has 0 aliphatic carbocycles. The number of nitrogens with zero attached hydrogens (tertiary/aromatic N) is 1. The molecule has 104 valence electrons. The Bertz CT molecular complexity index is 411. The van der Waals surface area contributed by atoms with E-state index in [0.717, 1.165) is 25.2 Å². The van der Waals surface area contributed by atoms with Gasteiger partial charge in [0, 0.05) is 19.6 Å². The lowest BCUT2D eigenvalue weighted by atomic mass is 10.0. The summed E-state index contributed by atoms with van der Waals surface area (Å²) in [6, 6.07) is 7.83. The highest BCUT2D eigenvalue weighted by Crippen LogP contribution is 2.16. The molecule has 0 spiro atoms. The van der Waals surface area contributed by atoms with Crippen molar-refractivity contribution >= 4 is 5.97 Å². The highest BCUT2D eigenvalue weighted by atomic mass is 16.4. The molecule has 1 aliphatic heterocycles. The van der Waals surface area contributed by atoms with Gasteiger partial charge in [0.05, 0.1) is 5.92 Å². The van der Waals surface area contributed by atoms with E-state index < -0.39 is 11.9 Å². The van der Waals surface area contributed by atoms with Crippen LogP contribution in [0, 0.1) is 0 Å². The van der Waals surface area contributed by atoms with Crippen molar-refractivity contribution < 1.29 is 9.90 Å². The second-order valence-corrected chi connectivity index (χ2v) is 5.18. The maximum absolute atomic E-state index is 10.9. The van der Waals surface area contributed by atoms with Crippen LogP contribution in [-0.2, 0) is 11.3 Å². The van der Waals surface area contributed by atoms with Crippen molar-refractivity contribution in [1.82, 2.24) is 10.4 Å². The van der Waals surface area contributed by atoms with Gasteiger partial charge in [0.1, 0.15) is 0 Å². The Kier molecular flexibility index (Phi) is 4.93. The molecule has 1 unspecified atom stereocenters. The minimum Gasteiger partial charge on any atom is -0.481 e. The van der Waals surface area contributed by atoms with Gasteiger partial charge in [-0.15, -0.1) is 0 Å². The highest BCUT2D eigenvalue weighted by Gasteiger charge is 2.13. The van der Waals surface area contributed by atoms with Crippen LogP contribution < -0.4 is 5.43 Å². The van der Waals surface area contributed by atoms with E-state index in [4.69, 9.17) is 5.11 Å². The molecule has 0 saturated carbocycles. The molecule has 1 saturated heterocycles. The van der Waals surface area contributed by atoms with Gasteiger partial charge in [0.25, 0.3) is 0 Å². The number of hydrogen-bond acceptors (Lipinski definition) is 3. The molecule has 4 heteroatoms. The predicted octanol–water partition coefficient (Wildman–Crippen LogP) is 2.37. The van der Waals surface area contributed by atoms with E-state index in [9.17, 15) is 4.79 Å². The summed E-state index contributed by atoms with van der Waals surface area (Å²) in [5, 5.41) is 11.2. The highest BCUT2D eigenvalue weighted by molar-refractivity contribution is 5.75. The van der Waals surface area contributed by atoms with Crippen LogP contribution in [0.2, 0.25) is 0 Å². The first kappa shape index (κ1) is 14.0. The second kappa shape index (κ2) is 6.68. The van der Waals surface area contributed by atoms with Crippen LogP contribution in [0.1, 0.15) is 43.2 Å². The van der Waals surface area contributed by atoms with Gasteiger partial charge in [-0.25, -0.2) is 5.01 Å². The summed E-state index contributed by atoms with van der Waals surface area (Å²) in [5.74, 6) is -1.22. The van der Waals surface area contributed by atoms with E-state index in [2.05, 4.69) is 10.4 Å². The van der Waals surface area contributed by atoms with Gasteiger partial charge in [-0.05, 0) is 30.9 Å². The average molecular weight is 262 g/mol. The predicted molar refractivity (Wildman–Crippen MR) is 74.8 cm³/mol. The Morgan fingerprint density at radius 1 is 1.26 bits per heavy atom. The third kappa shape index (κ3) is 4.04. The molecule has 0 aromatic heterocycles. The molecule has 19 heavy (non-hydrogen) atoms. The third-order valence-electron chi connectivity index (χ3n) is 3.71. The van der Waals surface area contributed by atoms with Crippen molar-refractivity contribution in [1.29, 1.82) is 0 Å². The molecular weight excluding hydrogens is 240 g/mol. The Morgan fingerprint density at radius 3 is 2.47 bits per heavy atom. The molecule has 1 aliphatic rings. The zero-order chi connectivity index (χ0) is 13.7. The molecule has 0 bridgehead atoms. The van der Waals surface area contributed by atoms with E-state index in [1.54, 1.807) is 6.92 Å². The van der Waals surface area contributed by atoms with Crippen molar-refractivity contribution in [2.45, 2.75) is 38.6 Å². The molecule has 4 nitrogen and oxygen atoms in total. The van der Waals surface area contributed by atoms with E-state index in [-0.39, 0.29) is 0 Å². The van der Waals surface area contributed by atoms with Crippen molar-refractivity contribution in [2.24, 2.45) is 0 Å². The summed E-state index contributed by atoms with van der Waals surface area (Å²) >= 11 is 0. The van der Waals surface area contributed by atoms with Gasteiger partial charge in [-0.3, -0.25) is 10.2 Å². The summed E-state index contributed by atoms with van der Waals surface area (Å²) in [5.41, 5.74) is 5.47. The number of rotatable bonds is 5. The lowest BCUT2D eigenvalue weighted by Crippen LogP contribution is -2.41. The van der Waals surface area contributed by atoms with E-state index >= 15 is 0 Å². The first-order chi connectivity index (χ1) is 9.16. The molecule has 0 amide bonds. The quantitative estimate of drug-likeness (QED) is 0.855. The van der Waals surface area contributed by atoms with Crippen LogP contribution in [0.5, 0.6) is 0 Å². The summed E-state index contributed by atoms with van der Waals surface area (Å²) in [6.07, 6.45) is 3.87. The Hall–Kier alpha value is -1.39. The molecular formula is C15H22N2O2. The topological polar surface area (TPSA) is 52.6 Å². The van der Waals surface area contributed by atoms with Gasteiger partial charge in [0.2, 0.25) is 0 Å². The zero-order valence-corrected chi connectivity index (χ0v) is 11.4. The number of hydrazine groups is 1. The van der Waals surface area contributed by atoms with Crippen LogP contribution in [0.15, 0.2) is 24.3 Å². The summed E-state index contributed by atoms with van der Waals surface area (Å²) in [6.45, 7) is 4.76. The molecule has 1 aromatic carbocycles. The number of carboxylic acids is 1. The van der Waals surface area contributed by atoms with Crippen LogP contribution in [0.3, 0.4) is 0 Å². The van der Waals surface area contributed by atoms with Crippen LogP contribution >= 0.6 is 0 Å². The van der Waals surface area contributed by atoms with Gasteiger partial charge >= 0.3 is 5.97 Å². The number of benzene rings is 1. The molecule has 1 heterocycles. The van der Waals surface area contributed by atoms with Crippen molar-refractivity contribution in [2.75, 3.05) is 13.1 Å². The standard InChI is InChI=1S/C15H22N2O2/c1-12(15(18)19)14-7-5-13(6-8-14)11-16-17-9-3-2-4-10-17/h5-8,12,16H,2-4,9-11H2,1H3,(H,18,19). The molecule has 1 aromatic rings. The maximum atomic E-state index is 10.9. The second-order valence-electron chi connectivity index (χ2n) is 5.18. The van der Waals surface area contributed by atoms with Gasteiger partial charge in [-0.1, -0.05) is 30.7 Å². The van der Waals surface area contributed by atoms with Gasteiger partial charge < -0.3 is 5.11 Å². The van der Waals surface area contributed by atoms with Crippen LogP contribution in [-0.4, -0.2) is 29.2 Å². The first-order valence-corrected chi connectivity index (χ1v) is 6.97. The largest absolute Gasteiger partial charge is 0.481 e. The van der Waals surface area contributed by atoms with E-state index in [0.29, 0.717) is 0 Å². The average Bonchev–Trinajstić information content (AvgIpc) is 2.46. The number of carbonyl (C=O) groups is 1. The summed E-state index contributed by atoms with van der Waals surface area (Å²) < 4.78 is 0. The number of aliphatic carboxylic acids is 1. The van der Waals surface area contributed by atoms with Crippen molar-refractivity contribution in [3.05, 3.63) is 35.4 Å². The normalized spacial score (nSPS) is 18.2. The Labute approximate surface area is 114 Å². The number of piperidine rings is 1. The number of nitrogens with one attached hydrogen (secondary N) is 1. The minimum absolute atomic E-state index is 0.441. The van der Waals surface area contributed by atoms with E-state index in [1.165, 1.54) is 24.8 Å². The molecule has 2 N–H and O–H groups in total. The van der Waals surface area contributed by atoms with Crippen LogP contribution in [0.25, 0.3) is 0 Å². The van der Waals surface area contributed by atoms with Gasteiger partial charge in [-0.2, -0.15) is 0 Å². The lowest BCUT2D eigenvalue weighted by molar-refractivity contribution is -0.138. The fourth-order valence-corrected chi connectivity index (χ4v) is 2.32. The number of carboxylic acid groups (broad SMARTS) is 1. The molecule has 1 atom stereocenters. The number of hydrogen-bond donors (Lipinski definition) is 2. The monoisotopic (exact) mass is 262 g/mol. The van der Waals surface area contributed by atoms with Gasteiger partial charge in [0.15, 0.2) is 0 Å². The summed E-state index contributed by atoms with van der Waals surface area (Å²) in [4.78, 5) is 10.9. The third-order valence-corrected chi connectivity index (χ3v) is 3.71. The Balaban J connectivity index is 1.86. The first-order valence-electron chi connectivity index (χ1n) is 6.97. The van der Waals surface area contributed by atoms with Crippen molar-refractivity contribution in [3.63, 3.8) is 0 Å². The molecule has 2 rings (SSSR count). The smallest absolute Gasteiger partial charge is 0.310 e. The fraction of sp³-hybridized carbons (Fsp3) is 0.533. The SMILES string of the molecule is CC(C(=O)O)c1ccc(CNN2CCCCC2)cc1. The molecule has 0 radical (unpaired) electrons. The van der Waals surface area contributed by atoms with Crippen molar-refractivity contribution in [3.8, 4) is 0 Å². The van der Waals surface area contributed by atoms with Crippen LogP contribution in [0.4, 0.5) is 0 Å². The lowest BCUT2D eigenvalue weighted by Gasteiger charge is -2.27. The molecule has 1 fully saturated rings. The summed E-state index contributed by atoms with van der Waals surface area (Å²) in [7, 11) is 0. The van der Waals surface area contributed by atoms with E-state index in [1.807, 2.05) is 24.3 Å². The fourth-order valence-electron chi connectivity index (χ4n) is 2.32. The zero-order valence-electron chi connectivity index (χ0n) is 11.4. The maximum Gasteiger partial charge on any atom is 0.310 e. The Morgan fingerprint density at radius 2 is 1.89 bits per heavy atom. The minimum atomic E-state index is -0.779.